The second-order valence-electron chi connectivity index (χ2n) is 4.39. The highest BCUT2D eigenvalue weighted by atomic mass is 19.4. The van der Waals surface area contributed by atoms with Crippen LogP contribution in [0.5, 0.6) is 0 Å². The van der Waals surface area contributed by atoms with Crippen LogP contribution >= 0.6 is 0 Å². The molecule has 0 fully saturated rings. The van der Waals surface area contributed by atoms with Gasteiger partial charge in [-0.1, -0.05) is 18.2 Å². The summed E-state index contributed by atoms with van der Waals surface area (Å²) in [5, 5.41) is 9.33. The molecular weight excluding hydrogens is 276 g/mol. The van der Waals surface area contributed by atoms with Crippen molar-refractivity contribution in [1.82, 2.24) is 0 Å². The number of methoxy groups -OCH3 is 1. The van der Waals surface area contributed by atoms with Crippen LogP contribution in [0.2, 0.25) is 0 Å². The summed E-state index contributed by atoms with van der Waals surface area (Å²) in [5.41, 5.74) is -0.968. The van der Waals surface area contributed by atoms with Crippen LogP contribution < -0.4 is 0 Å². The number of hydrogen-bond acceptors (Lipinski definition) is 2. The standard InChI is InChI=1S/C14H16F4O2/c1-9(19)13(20-2)5-3-4-10-6-7-11(8-12(10)15)14(16,17)18/h3-4,6-9,13,19H,5H2,1-2H3/b4-3+/t9-,13-/m1/s1. The van der Waals surface area contributed by atoms with E-state index in [9.17, 15) is 22.7 Å². The molecule has 0 heterocycles. The molecule has 0 bridgehead atoms. The molecule has 0 aliphatic rings. The first-order valence-corrected chi connectivity index (χ1v) is 6.00. The van der Waals surface area contributed by atoms with E-state index in [1.807, 2.05) is 0 Å². The molecule has 1 aromatic rings. The molecule has 112 valence electrons. The lowest BCUT2D eigenvalue weighted by molar-refractivity contribution is -0.137. The van der Waals surface area contributed by atoms with E-state index in [0.717, 1.165) is 12.1 Å². The molecule has 0 aliphatic carbocycles. The molecule has 0 saturated carbocycles. The minimum atomic E-state index is -4.56. The van der Waals surface area contributed by atoms with Gasteiger partial charge in [-0.15, -0.1) is 0 Å². The second kappa shape index (κ2) is 6.85. The predicted molar refractivity (Wildman–Crippen MR) is 67.5 cm³/mol. The first-order valence-electron chi connectivity index (χ1n) is 6.00. The number of ether oxygens (including phenoxy) is 1. The quantitative estimate of drug-likeness (QED) is 0.840. The molecule has 1 N–H and O–H groups in total. The fourth-order valence-corrected chi connectivity index (χ4v) is 1.66. The van der Waals surface area contributed by atoms with Crippen LogP contribution in [0.1, 0.15) is 24.5 Å². The molecule has 20 heavy (non-hydrogen) atoms. The SMILES string of the molecule is CO[C@H](C/C=C/c1ccc(C(F)(F)F)cc1F)[C@@H](C)O. The first-order chi connectivity index (χ1) is 9.25. The zero-order valence-electron chi connectivity index (χ0n) is 11.1. The Hall–Kier alpha value is -1.40. The van der Waals surface area contributed by atoms with E-state index in [-0.39, 0.29) is 5.56 Å². The number of rotatable bonds is 5. The largest absolute Gasteiger partial charge is 0.416 e. The first kappa shape index (κ1) is 16.7. The number of benzene rings is 1. The van der Waals surface area contributed by atoms with Crippen LogP contribution in [0.3, 0.4) is 0 Å². The monoisotopic (exact) mass is 292 g/mol. The zero-order chi connectivity index (χ0) is 15.3. The molecule has 6 heteroatoms. The summed E-state index contributed by atoms with van der Waals surface area (Å²) >= 11 is 0. The van der Waals surface area contributed by atoms with Crippen LogP contribution in [-0.4, -0.2) is 24.4 Å². The molecule has 0 amide bonds. The third kappa shape index (κ3) is 4.61. The van der Waals surface area contributed by atoms with Crippen LogP contribution in [-0.2, 0) is 10.9 Å². The summed E-state index contributed by atoms with van der Waals surface area (Å²) in [4.78, 5) is 0. The number of hydrogen-bond donors (Lipinski definition) is 1. The van der Waals surface area contributed by atoms with Crippen molar-refractivity contribution < 1.29 is 27.4 Å². The lowest BCUT2D eigenvalue weighted by Crippen LogP contribution is -2.24. The normalized spacial score (nSPS) is 15.6. The predicted octanol–water partition coefficient (Wildman–Crippen LogP) is 3.64. The van der Waals surface area contributed by atoms with E-state index in [2.05, 4.69) is 0 Å². The van der Waals surface area contributed by atoms with Crippen LogP contribution in [0, 0.1) is 5.82 Å². The van der Waals surface area contributed by atoms with Crippen LogP contribution in [0.25, 0.3) is 6.08 Å². The fourth-order valence-electron chi connectivity index (χ4n) is 1.66. The number of aliphatic hydroxyl groups excluding tert-OH is 1. The molecule has 2 nitrogen and oxygen atoms in total. The molecule has 0 aromatic heterocycles. The van der Waals surface area contributed by atoms with Gasteiger partial charge in [-0.05, 0) is 25.5 Å². The Morgan fingerprint density at radius 2 is 2.00 bits per heavy atom. The van der Waals surface area contributed by atoms with Gasteiger partial charge in [0.2, 0.25) is 0 Å². The molecule has 0 spiro atoms. The van der Waals surface area contributed by atoms with Gasteiger partial charge in [0.25, 0.3) is 0 Å². The Kier molecular flexibility index (Phi) is 5.71. The van der Waals surface area contributed by atoms with Gasteiger partial charge in [-0.2, -0.15) is 13.2 Å². The fraction of sp³-hybridized carbons (Fsp3) is 0.429. The summed E-state index contributed by atoms with van der Waals surface area (Å²) in [5.74, 6) is -0.943. The third-order valence-corrected chi connectivity index (χ3v) is 2.83. The smallest absolute Gasteiger partial charge is 0.391 e. The Morgan fingerprint density at radius 3 is 2.45 bits per heavy atom. The summed E-state index contributed by atoms with van der Waals surface area (Å²) in [6.45, 7) is 1.56. The Labute approximate surface area is 114 Å². The van der Waals surface area contributed by atoms with Gasteiger partial charge in [0, 0.05) is 12.7 Å². The van der Waals surface area contributed by atoms with Gasteiger partial charge in [0.15, 0.2) is 0 Å². The molecule has 1 aromatic carbocycles. The van der Waals surface area contributed by atoms with E-state index in [1.165, 1.54) is 13.2 Å². The minimum Gasteiger partial charge on any atom is -0.391 e. The molecule has 0 saturated heterocycles. The Bertz CT molecular complexity index is 467. The Morgan fingerprint density at radius 1 is 1.35 bits per heavy atom. The Balaban J connectivity index is 2.79. The van der Waals surface area contributed by atoms with Gasteiger partial charge in [0.05, 0.1) is 17.8 Å². The summed E-state index contributed by atoms with van der Waals surface area (Å²) in [7, 11) is 1.43. The van der Waals surface area contributed by atoms with Crippen molar-refractivity contribution in [3.8, 4) is 0 Å². The van der Waals surface area contributed by atoms with E-state index in [0.29, 0.717) is 12.5 Å². The average Bonchev–Trinajstić information content (AvgIpc) is 2.34. The number of alkyl halides is 3. The summed E-state index contributed by atoms with van der Waals surface area (Å²) in [6, 6.07) is 2.35. The molecule has 0 unspecified atom stereocenters. The van der Waals surface area contributed by atoms with Gasteiger partial charge in [-0.25, -0.2) is 4.39 Å². The van der Waals surface area contributed by atoms with E-state index >= 15 is 0 Å². The van der Waals surface area contributed by atoms with Crippen molar-refractivity contribution in [3.05, 3.63) is 41.2 Å². The molecule has 0 aliphatic heterocycles. The van der Waals surface area contributed by atoms with E-state index in [1.54, 1.807) is 13.0 Å². The highest BCUT2D eigenvalue weighted by Crippen LogP contribution is 2.30. The average molecular weight is 292 g/mol. The van der Waals surface area contributed by atoms with Crippen molar-refractivity contribution >= 4 is 6.08 Å². The summed E-state index contributed by atoms with van der Waals surface area (Å²) < 4.78 is 55.6. The van der Waals surface area contributed by atoms with Crippen molar-refractivity contribution in [1.29, 1.82) is 0 Å². The van der Waals surface area contributed by atoms with Crippen molar-refractivity contribution in [3.63, 3.8) is 0 Å². The lowest BCUT2D eigenvalue weighted by atomic mass is 10.1. The number of aliphatic hydroxyl groups is 1. The maximum atomic E-state index is 13.5. The van der Waals surface area contributed by atoms with Gasteiger partial charge >= 0.3 is 6.18 Å². The highest BCUT2D eigenvalue weighted by Gasteiger charge is 2.30. The van der Waals surface area contributed by atoms with Crippen LogP contribution in [0.4, 0.5) is 17.6 Å². The number of halogens is 4. The van der Waals surface area contributed by atoms with Gasteiger partial charge in [-0.3, -0.25) is 0 Å². The van der Waals surface area contributed by atoms with Gasteiger partial charge in [0.1, 0.15) is 5.82 Å². The second-order valence-corrected chi connectivity index (χ2v) is 4.39. The van der Waals surface area contributed by atoms with Gasteiger partial charge < -0.3 is 9.84 Å². The van der Waals surface area contributed by atoms with Crippen molar-refractivity contribution in [2.24, 2.45) is 0 Å². The van der Waals surface area contributed by atoms with E-state index < -0.39 is 29.8 Å². The zero-order valence-corrected chi connectivity index (χ0v) is 11.1. The molecule has 1 rings (SSSR count). The lowest BCUT2D eigenvalue weighted by Gasteiger charge is -2.15. The summed E-state index contributed by atoms with van der Waals surface area (Å²) in [6.07, 6.45) is -2.45. The molecule has 0 radical (unpaired) electrons. The topological polar surface area (TPSA) is 29.5 Å². The third-order valence-electron chi connectivity index (χ3n) is 2.83. The molecule has 2 atom stereocenters. The van der Waals surface area contributed by atoms with Crippen molar-refractivity contribution in [2.45, 2.75) is 31.7 Å². The maximum absolute atomic E-state index is 13.5. The van der Waals surface area contributed by atoms with E-state index in [4.69, 9.17) is 4.74 Å². The highest BCUT2D eigenvalue weighted by molar-refractivity contribution is 5.51. The van der Waals surface area contributed by atoms with Crippen LogP contribution in [0.15, 0.2) is 24.3 Å². The van der Waals surface area contributed by atoms with Crippen molar-refractivity contribution in [2.75, 3.05) is 7.11 Å². The minimum absolute atomic E-state index is 0.0541. The molecular formula is C14H16F4O2. The maximum Gasteiger partial charge on any atom is 0.416 e.